The molecular formula is C15H10FNO3S. The van der Waals surface area contributed by atoms with Crippen LogP contribution in [0.25, 0.3) is 6.08 Å². The molecule has 0 aliphatic carbocycles. The molecule has 0 bridgehead atoms. The van der Waals surface area contributed by atoms with Crippen molar-refractivity contribution in [3.8, 4) is 0 Å². The van der Waals surface area contributed by atoms with Crippen LogP contribution in [0.4, 0.5) is 4.39 Å². The van der Waals surface area contributed by atoms with E-state index in [1.807, 2.05) is 0 Å². The van der Waals surface area contributed by atoms with Crippen molar-refractivity contribution in [1.82, 2.24) is 4.72 Å². The van der Waals surface area contributed by atoms with Crippen LogP contribution in [0.15, 0.2) is 59.1 Å². The lowest BCUT2D eigenvalue weighted by Gasteiger charge is -2.19. The van der Waals surface area contributed by atoms with Gasteiger partial charge >= 0.3 is 0 Å². The van der Waals surface area contributed by atoms with E-state index >= 15 is 0 Å². The molecule has 2 aromatic rings. The zero-order valence-electron chi connectivity index (χ0n) is 10.7. The van der Waals surface area contributed by atoms with Crippen molar-refractivity contribution < 1.29 is 17.6 Å². The number of halogens is 1. The second kappa shape index (κ2) is 4.82. The summed E-state index contributed by atoms with van der Waals surface area (Å²) in [5.74, 6) is -0.817. The van der Waals surface area contributed by atoms with Gasteiger partial charge in [-0.25, -0.2) is 12.8 Å². The van der Waals surface area contributed by atoms with Crippen LogP contribution < -0.4 is 4.72 Å². The fourth-order valence-electron chi connectivity index (χ4n) is 2.10. The summed E-state index contributed by atoms with van der Waals surface area (Å²) in [6.07, 6.45) is 1.38. The molecule has 6 heteroatoms. The second-order valence-corrected chi connectivity index (χ2v) is 6.19. The standard InChI is InChI=1S/C15H10FNO3S/c16-11-7-5-10(6-8-11)9-13-15(18)12-3-1-2-4-14(12)21(19,20)17-13/h1-9,17H/b13-9-. The van der Waals surface area contributed by atoms with Crippen molar-refractivity contribution >= 4 is 21.9 Å². The predicted octanol–water partition coefficient (Wildman–Crippen LogP) is 2.34. The number of benzene rings is 2. The van der Waals surface area contributed by atoms with E-state index in [1.165, 1.54) is 42.5 Å². The number of hydrogen-bond acceptors (Lipinski definition) is 3. The van der Waals surface area contributed by atoms with Crippen molar-refractivity contribution in [2.75, 3.05) is 0 Å². The topological polar surface area (TPSA) is 63.2 Å². The van der Waals surface area contributed by atoms with Crippen molar-refractivity contribution in [2.45, 2.75) is 4.90 Å². The highest BCUT2D eigenvalue weighted by atomic mass is 32.2. The Morgan fingerprint density at radius 3 is 2.38 bits per heavy atom. The van der Waals surface area contributed by atoms with Gasteiger partial charge in [-0.3, -0.25) is 9.52 Å². The zero-order valence-corrected chi connectivity index (χ0v) is 11.5. The summed E-state index contributed by atoms with van der Waals surface area (Å²) in [6.45, 7) is 0. The lowest BCUT2D eigenvalue weighted by Crippen LogP contribution is -2.34. The number of carbonyl (C=O) groups is 1. The Morgan fingerprint density at radius 2 is 1.67 bits per heavy atom. The first-order chi connectivity index (χ1) is 9.97. The number of carbonyl (C=O) groups excluding carboxylic acids is 1. The van der Waals surface area contributed by atoms with Crippen molar-refractivity contribution in [3.05, 3.63) is 71.2 Å². The number of allylic oxidation sites excluding steroid dienone is 1. The van der Waals surface area contributed by atoms with Crippen molar-refractivity contribution in [3.63, 3.8) is 0 Å². The average Bonchev–Trinajstić information content (AvgIpc) is 2.47. The molecule has 0 amide bonds. The van der Waals surface area contributed by atoms with E-state index in [0.29, 0.717) is 5.56 Å². The largest absolute Gasteiger partial charge is 0.287 e. The highest BCUT2D eigenvalue weighted by Gasteiger charge is 2.31. The first kappa shape index (κ1) is 13.5. The molecule has 2 aromatic carbocycles. The summed E-state index contributed by atoms with van der Waals surface area (Å²) < 4.78 is 39.3. The number of Topliss-reactive ketones (excluding diaryl/α,β-unsaturated/α-hetero) is 1. The Bertz CT molecular complexity index is 855. The lowest BCUT2D eigenvalue weighted by atomic mass is 10.1. The van der Waals surface area contributed by atoms with Gasteiger partial charge in [-0.05, 0) is 35.9 Å². The van der Waals surface area contributed by atoms with Gasteiger partial charge in [-0.15, -0.1) is 0 Å². The second-order valence-electron chi connectivity index (χ2n) is 4.54. The molecule has 1 N–H and O–H groups in total. The Balaban J connectivity index is 2.11. The predicted molar refractivity (Wildman–Crippen MR) is 75.5 cm³/mol. The summed E-state index contributed by atoms with van der Waals surface area (Å²) in [5.41, 5.74) is 0.603. The molecule has 106 valence electrons. The van der Waals surface area contributed by atoms with Crippen LogP contribution >= 0.6 is 0 Å². The molecule has 0 saturated heterocycles. The molecule has 1 heterocycles. The van der Waals surface area contributed by atoms with Crippen LogP contribution in [-0.2, 0) is 10.0 Å². The van der Waals surface area contributed by atoms with Gasteiger partial charge in [0.1, 0.15) is 5.82 Å². The van der Waals surface area contributed by atoms with Gasteiger partial charge in [0, 0.05) is 5.56 Å². The first-order valence-electron chi connectivity index (χ1n) is 6.11. The van der Waals surface area contributed by atoms with Gasteiger partial charge < -0.3 is 0 Å². The molecule has 1 aliphatic heterocycles. The molecule has 3 rings (SSSR count). The number of ketones is 1. The van der Waals surface area contributed by atoms with Gasteiger partial charge in [0.15, 0.2) is 0 Å². The number of hydrogen-bond donors (Lipinski definition) is 1. The minimum absolute atomic E-state index is 0.0359. The van der Waals surface area contributed by atoms with Gasteiger partial charge in [-0.2, -0.15) is 0 Å². The maximum absolute atomic E-state index is 12.9. The van der Waals surface area contributed by atoms with Crippen LogP contribution in [-0.4, -0.2) is 14.2 Å². The van der Waals surface area contributed by atoms with E-state index in [4.69, 9.17) is 0 Å². The van der Waals surface area contributed by atoms with Gasteiger partial charge in [-0.1, -0.05) is 24.3 Å². The normalized spacial score (nSPS) is 18.1. The van der Waals surface area contributed by atoms with Crippen molar-refractivity contribution in [1.29, 1.82) is 0 Å². The molecule has 4 nitrogen and oxygen atoms in total. The molecule has 0 spiro atoms. The molecule has 0 atom stereocenters. The van der Waals surface area contributed by atoms with E-state index in [2.05, 4.69) is 4.72 Å². The Kier molecular flexibility index (Phi) is 3.10. The van der Waals surface area contributed by atoms with Crippen LogP contribution in [0, 0.1) is 5.82 Å². The zero-order chi connectivity index (χ0) is 15.0. The summed E-state index contributed by atoms with van der Waals surface area (Å²) >= 11 is 0. The van der Waals surface area contributed by atoms with Crippen LogP contribution in [0.5, 0.6) is 0 Å². The third-order valence-electron chi connectivity index (χ3n) is 3.09. The lowest BCUT2D eigenvalue weighted by molar-refractivity contribution is 0.102. The van der Waals surface area contributed by atoms with E-state index in [9.17, 15) is 17.6 Å². The summed E-state index contributed by atoms with van der Waals surface area (Å²) in [6, 6.07) is 11.4. The molecular weight excluding hydrogens is 293 g/mol. The van der Waals surface area contributed by atoms with Gasteiger partial charge in [0.25, 0.3) is 10.0 Å². The minimum atomic E-state index is -3.77. The third kappa shape index (κ3) is 2.45. The molecule has 1 aliphatic rings. The highest BCUT2D eigenvalue weighted by molar-refractivity contribution is 7.90. The maximum Gasteiger partial charge on any atom is 0.262 e. The molecule has 0 unspecified atom stereocenters. The number of rotatable bonds is 1. The quantitative estimate of drug-likeness (QED) is 0.823. The smallest absolute Gasteiger partial charge is 0.262 e. The van der Waals surface area contributed by atoms with E-state index in [0.717, 1.165) is 0 Å². The number of fused-ring (bicyclic) bond motifs is 1. The Hall–Kier alpha value is -2.47. The van der Waals surface area contributed by atoms with Gasteiger partial charge in [0.05, 0.1) is 10.6 Å². The molecule has 0 fully saturated rings. The van der Waals surface area contributed by atoms with E-state index in [-0.39, 0.29) is 16.2 Å². The summed E-state index contributed by atoms with van der Waals surface area (Å²) in [7, 11) is -3.77. The monoisotopic (exact) mass is 303 g/mol. The highest BCUT2D eigenvalue weighted by Crippen LogP contribution is 2.25. The van der Waals surface area contributed by atoms with Crippen LogP contribution in [0.1, 0.15) is 15.9 Å². The van der Waals surface area contributed by atoms with Crippen LogP contribution in [0.3, 0.4) is 0 Å². The van der Waals surface area contributed by atoms with E-state index in [1.54, 1.807) is 12.1 Å². The fraction of sp³-hybridized carbons (Fsp3) is 0. The fourth-order valence-corrected chi connectivity index (χ4v) is 3.36. The van der Waals surface area contributed by atoms with Crippen molar-refractivity contribution in [2.24, 2.45) is 0 Å². The summed E-state index contributed by atoms with van der Waals surface area (Å²) in [4.78, 5) is 12.3. The molecule has 0 saturated carbocycles. The maximum atomic E-state index is 12.9. The SMILES string of the molecule is O=C1/C(=C/c2ccc(F)cc2)NS(=O)(=O)c2ccccc21. The average molecular weight is 303 g/mol. The first-order valence-corrected chi connectivity index (χ1v) is 7.59. The summed E-state index contributed by atoms with van der Waals surface area (Å²) in [5, 5.41) is 0. The molecule has 21 heavy (non-hydrogen) atoms. The minimum Gasteiger partial charge on any atom is -0.287 e. The van der Waals surface area contributed by atoms with Gasteiger partial charge in [0.2, 0.25) is 5.78 Å². The molecule has 0 aromatic heterocycles. The Morgan fingerprint density at radius 1 is 1.00 bits per heavy atom. The van der Waals surface area contributed by atoms with E-state index < -0.39 is 21.6 Å². The Labute approximate surface area is 121 Å². The van der Waals surface area contributed by atoms with Crippen LogP contribution in [0.2, 0.25) is 0 Å². The third-order valence-corrected chi connectivity index (χ3v) is 4.51. The number of nitrogens with one attached hydrogen (secondary N) is 1. The number of sulfonamides is 1. The molecule has 0 radical (unpaired) electrons.